The molecule has 9 atom stereocenters. The molecule has 1 heterocycles. The third kappa shape index (κ3) is 3.26. The van der Waals surface area contributed by atoms with Crippen LogP contribution in [0.5, 0.6) is 0 Å². The molecule has 5 aliphatic rings. The van der Waals surface area contributed by atoms with Gasteiger partial charge in [0.25, 0.3) is 0 Å². The predicted molar refractivity (Wildman–Crippen MR) is 143 cm³/mol. The molecule has 4 fully saturated rings. The second kappa shape index (κ2) is 8.82. The molecule has 38 heavy (non-hydrogen) atoms. The van der Waals surface area contributed by atoms with Crippen LogP contribution in [-0.2, 0) is 16.1 Å². The van der Waals surface area contributed by atoms with Gasteiger partial charge in [0.1, 0.15) is 6.17 Å². The summed E-state index contributed by atoms with van der Waals surface area (Å²) in [5.74, 6) is -1.27. The van der Waals surface area contributed by atoms with Gasteiger partial charge in [-0.25, -0.2) is 8.78 Å². The summed E-state index contributed by atoms with van der Waals surface area (Å²) >= 11 is 1.11. The lowest BCUT2D eigenvalue weighted by Crippen LogP contribution is -2.69. The smallest absolute Gasteiger partial charge is 0.198 e. The number of nitrogens with zero attached hydrogens (tertiary/aromatic N) is 1. The monoisotopic (exact) mass is 542 g/mol. The maximum Gasteiger partial charge on any atom is 0.198 e. The Labute approximate surface area is 226 Å². The van der Waals surface area contributed by atoms with Crippen LogP contribution in [0.1, 0.15) is 38.7 Å². The van der Waals surface area contributed by atoms with Crippen LogP contribution < -0.4 is 5.73 Å². The molecule has 0 aromatic heterocycles. The molecular formula is C30H36F2N2O3S. The minimum absolute atomic E-state index is 0.00619. The van der Waals surface area contributed by atoms with E-state index in [0.29, 0.717) is 26.1 Å². The maximum absolute atomic E-state index is 17.5. The topological polar surface area (TPSA) is 83.6 Å². The van der Waals surface area contributed by atoms with Gasteiger partial charge >= 0.3 is 0 Å². The van der Waals surface area contributed by atoms with E-state index in [9.17, 15) is 14.7 Å². The number of carbonyl (C=O) groups excluding carboxylic acids is 2. The molecule has 1 aromatic carbocycles. The molecule has 3 N–H and O–H groups in total. The van der Waals surface area contributed by atoms with Gasteiger partial charge in [-0.2, -0.15) is 0 Å². The van der Waals surface area contributed by atoms with Gasteiger partial charge in [0.15, 0.2) is 16.6 Å². The van der Waals surface area contributed by atoms with E-state index in [2.05, 4.69) is 17.0 Å². The molecule has 0 bridgehead atoms. The summed E-state index contributed by atoms with van der Waals surface area (Å²) in [5.41, 5.74) is 2.08. The minimum atomic E-state index is -2.13. The summed E-state index contributed by atoms with van der Waals surface area (Å²) in [6.45, 7) is 5.56. The van der Waals surface area contributed by atoms with Gasteiger partial charge < -0.3 is 10.8 Å². The van der Waals surface area contributed by atoms with Crippen molar-refractivity contribution >= 4 is 22.7 Å². The highest BCUT2D eigenvalue weighted by Crippen LogP contribution is 2.75. The zero-order valence-electron chi connectivity index (χ0n) is 21.9. The molecule has 0 spiro atoms. The minimum Gasteiger partial charge on any atom is -0.390 e. The summed E-state index contributed by atoms with van der Waals surface area (Å²) in [4.78, 5) is 28.4. The van der Waals surface area contributed by atoms with Crippen LogP contribution in [0, 0.1) is 34.0 Å². The third-order valence-electron chi connectivity index (χ3n) is 11.1. The number of alkyl halides is 2. The molecule has 5 nitrogen and oxygen atoms in total. The zero-order valence-corrected chi connectivity index (χ0v) is 22.7. The van der Waals surface area contributed by atoms with Crippen molar-refractivity contribution in [3.63, 3.8) is 0 Å². The number of likely N-dealkylation sites (tertiary alicyclic amines) is 1. The number of aliphatic hydroxyl groups is 1. The van der Waals surface area contributed by atoms with Gasteiger partial charge in [-0.15, -0.1) is 0 Å². The van der Waals surface area contributed by atoms with Crippen LogP contribution in [-0.4, -0.2) is 57.8 Å². The number of aliphatic hydroxyl groups excluding tert-OH is 1. The standard InChI is InChI=1S/C30H36F2N2O3S/c1-27-9-8-20(35)11-23(27)24(31)12-22-21-10-19-15-34(14-18-6-4-3-5-7-18)16-29(19,26(37)38-17-33)28(21,2)13-25(36)30(22,27)32/h3-9,11,19,21-22,24-25,36H,10,12-17,33H2,1-2H3/t19-,21-,22-,24-,25-,27-,28-,29+,30-/m0/s1. The molecule has 0 radical (unpaired) electrons. The highest BCUT2D eigenvalue weighted by atomic mass is 32.2. The van der Waals surface area contributed by atoms with Crippen LogP contribution in [0.4, 0.5) is 8.78 Å². The number of fused-ring (bicyclic) bond motifs is 7. The Morgan fingerprint density at radius 3 is 2.66 bits per heavy atom. The third-order valence-corrected chi connectivity index (χ3v) is 11.8. The van der Waals surface area contributed by atoms with Crippen molar-refractivity contribution in [1.82, 2.24) is 4.90 Å². The van der Waals surface area contributed by atoms with Crippen molar-refractivity contribution in [2.24, 2.45) is 39.7 Å². The van der Waals surface area contributed by atoms with Crippen molar-refractivity contribution in [1.29, 1.82) is 0 Å². The van der Waals surface area contributed by atoms with E-state index in [1.807, 2.05) is 25.1 Å². The Bertz CT molecular complexity index is 1230. The van der Waals surface area contributed by atoms with E-state index in [4.69, 9.17) is 5.73 Å². The van der Waals surface area contributed by atoms with Crippen LogP contribution in [0.25, 0.3) is 0 Å². The van der Waals surface area contributed by atoms with Gasteiger partial charge in [-0.1, -0.05) is 55.1 Å². The van der Waals surface area contributed by atoms with Gasteiger partial charge in [-0.3, -0.25) is 14.5 Å². The van der Waals surface area contributed by atoms with Crippen molar-refractivity contribution in [2.45, 2.75) is 57.6 Å². The summed E-state index contributed by atoms with van der Waals surface area (Å²) in [7, 11) is 0. The molecule has 6 rings (SSSR count). The summed E-state index contributed by atoms with van der Waals surface area (Å²) in [5, 5.41) is 11.7. The number of rotatable bonds is 4. The van der Waals surface area contributed by atoms with E-state index >= 15 is 8.78 Å². The average Bonchev–Trinajstić information content (AvgIpc) is 3.35. The fourth-order valence-electron chi connectivity index (χ4n) is 9.37. The van der Waals surface area contributed by atoms with Crippen molar-refractivity contribution in [3.05, 3.63) is 59.7 Å². The zero-order chi connectivity index (χ0) is 27.1. The van der Waals surface area contributed by atoms with E-state index < -0.39 is 40.1 Å². The van der Waals surface area contributed by atoms with E-state index in [0.717, 1.165) is 17.3 Å². The average molecular weight is 543 g/mol. The van der Waals surface area contributed by atoms with E-state index in [1.54, 1.807) is 6.92 Å². The number of benzene rings is 1. The van der Waals surface area contributed by atoms with Crippen molar-refractivity contribution < 1.29 is 23.5 Å². The fourth-order valence-corrected chi connectivity index (χ4v) is 10.2. The second-order valence-corrected chi connectivity index (χ2v) is 13.5. The first kappa shape index (κ1) is 26.4. The molecule has 0 amide bonds. The quantitative estimate of drug-likeness (QED) is 0.555. The highest BCUT2D eigenvalue weighted by molar-refractivity contribution is 8.13. The first-order chi connectivity index (χ1) is 18.0. The molecular weight excluding hydrogens is 506 g/mol. The first-order valence-electron chi connectivity index (χ1n) is 13.6. The van der Waals surface area contributed by atoms with Crippen LogP contribution in [0.2, 0.25) is 0 Å². The van der Waals surface area contributed by atoms with Gasteiger partial charge in [0, 0.05) is 36.8 Å². The van der Waals surface area contributed by atoms with E-state index in [1.165, 1.54) is 18.2 Å². The predicted octanol–water partition coefficient (Wildman–Crippen LogP) is 4.21. The number of ketones is 1. The lowest BCUT2D eigenvalue weighted by atomic mass is 9.43. The SMILES string of the molecule is C[C@]12C=CC(=O)C=C1[C@@H](F)C[C@H]1[C@@H]3C[C@H]4CN(Cc5ccccc5)C[C@@]4(C(=O)SCN)[C@@]3(C)C[C@H](O)[C@@]12F. The molecule has 1 aliphatic heterocycles. The molecule has 204 valence electrons. The number of hydrogen-bond acceptors (Lipinski definition) is 6. The second-order valence-electron chi connectivity index (χ2n) is 12.5. The molecule has 4 aliphatic carbocycles. The lowest BCUT2D eigenvalue weighted by molar-refractivity contribution is -0.210. The van der Waals surface area contributed by atoms with Crippen LogP contribution >= 0.6 is 11.8 Å². The number of carbonyl (C=O) groups is 2. The summed E-state index contributed by atoms with van der Waals surface area (Å²) in [6, 6.07) is 10.1. The maximum atomic E-state index is 17.5. The summed E-state index contributed by atoms with van der Waals surface area (Å²) in [6.07, 6.45) is 1.73. The lowest BCUT2D eigenvalue weighted by Gasteiger charge is -2.63. The highest BCUT2D eigenvalue weighted by Gasteiger charge is 2.78. The van der Waals surface area contributed by atoms with Crippen molar-refractivity contribution in [2.75, 3.05) is 19.0 Å². The molecule has 3 saturated carbocycles. The number of allylic oxidation sites excluding steroid dienone is 4. The van der Waals surface area contributed by atoms with Gasteiger partial charge in [0.2, 0.25) is 0 Å². The van der Waals surface area contributed by atoms with Crippen molar-refractivity contribution in [3.8, 4) is 0 Å². The Hall–Kier alpha value is -1.87. The normalized spacial score (nSPS) is 45.7. The van der Waals surface area contributed by atoms with Gasteiger partial charge in [0.05, 0.1) is 11.5 Å². The van der Waals surface area contributed by atoms with Crippen LogP contribution in [0.3, 0.4) is 0 Å². The van der Waals surface area contributed by atoms with E-state index in [-0.39, 0.29) is 47.0 Å². The number of halogens is 2. The fraction of sp³-hybridized carbons (Fsp3) is 0.600. The Balaban J connectivity index is 1.41. The van der Waals surface area contributed by atoms with Gasteiger partial charge in [-0.05, 0) is 66.7 Å². The molecule has 0 unspecified atom stereocenters. The summed E-state index contributed by atoms with van der Waals surface area (Å²) < 4.78 is 33.3. The first-order valence-corrected chi connectivity index (χ1v) is 14.6. The largest absolute Gasteiger partial charge is 0.390 e. The molecule has 1 aromatic rings. The Morgan fingerprint density at radius 2 is 1.95 bits per heavy atom. The van der Waals surface area contributed by atoms with Crippen LogP contribution in [0.15, 0.2) is 54.1 Å². The number of hydrogen-bond donors (Lipinski definition) is 2. The number of thioether (sulfide) groups is 1. The number of nitrogens with two attached hydrogens (primary N) is 1. The molecule has 8 heteroatoms. The Morgan fingerprint density at radius 1 is 1.21 bits per heavy atom. The Kier molecular flexibility index (Phi) is 6.12. The molecule has 1 saturated heterocycles.